The number of nitrogens with one attached hydrogen (secondary N) is 2. The lowest BCUT2D eigenvalue weighted by molar-refractivity contribution is -0.199. The lowest BCUT2D eigenvalue weighted by Crippen LogP contribution is -2.41. The minimum atomic E-state index is -5.40. The van der Waals surface area contributed by atoms with Crippen molar-refractivity contribution in [3.8, 4) is 28.5 Å². The summed E-state index contributed by atoms with van der Waals surface area (Å²) in [6, 6.07) is 10.4. The average Bonchev–Trinajstić information content (AvgIpc) is 3.69. The second-order valence-corrected chi connectivity index (χ2v) is 11.4. The van der Waals surface area contributed by atoms with Crippen LogP contribution in [0.25, 0.3) is 33.8 Å². The number of fused-ring (bicyclic) bond motifs is 1. The molecule has 1 saturated heterocycles. The summed E-state index contributed by atoms with van der Waals surface area (Å²) in [5.41, 5.74) is 7.60. The molecule has 4 heterocycles. The maximum absolute atomic E-state index is 13.3. The second kappa shape index (κ2) is 14.0. The number of carbonyl (C=O) groups is 2. The van der Waals surface area contributed by atoms with E-state index in [1.807, 2.05) is 11.5 Å². The number of carbonyl (C=O) groups excluding carboxylic acids is 2. The molecule has 0 aliphatic carbocycles. The van der Waals surface area contributed by atoms with Gasteiger partial charge in [-0.15, -0.1) is 5.06 Å². The van der Waals surface area contributed by atoms with Gasteiger partial charge in [0.2, 0.25) is 0 Å². The van der Waals surface area contributed by atoms with E-state index in [2.05, 4.69) is 30.8 Å². The number of alkyl halides is 3. The van der Waals surface area contributed by atoms with Gasteiger partial charge < -0.3 is 30.5 Å². The van der Waals surface area contributed by atoms with Gasteiger partial charge in [-0.3, -0.25) is 0 Å². The van der Waals surface area contributed by atoms with Crippen LogP contribution in [0.2, 0.25) is 5.02 Å². The number of benzene rings is 2. The molecular formula is C31H29ClF3N9O5. The Bertz CT molecular complexity index is 2000. The molecule has 0 bridgehead atoms. The quantitative estimate of drug-likeness (QED) is 0.166. The predicted molar refractivity (Wildman–Crippen MR) is 173 cm³/mol. The number of hydroxylamine groups is 1. The fourth-order valence-corrected chi connectivity index (χ4v) is 5.58. The Morgan fingerprint density at radius 3 is 2.61 bits per heavy atom. The van der Waals surface area contributed by atoms with Crippen LogP contribution in [0.4, 0.5) is 35.2 Å². The van der Waals surface area contributed by atoms with Crippen molar-refractivity contribution < 1.29 is 37.0 Å². The molecule has 6 rings (SSSR count). The Morgan fingerprint density at radius 2 is 1.92 bits per heavy atom. The molecule has 1 aliphatic rings. The number of anilines is 3. The fourth-order valence-electron chi connectivity index (χ4n) is 5.39. The summed E-state index contributed by atoms with van der Waals surface area (Å²) in [5, 5.41) is 13.8. The highest BCUT2D eigenvalue weighted by atomic mass is 35.5. The lowest BCUT2D eigenvalue weighted by atomic mass is 9.99. The monoisotopic (exact) mass is 699 g/mol. The molecule has 18 heteroatoms. The van der Waals surface area contributed by atoms with Gasteiger partial charge >= 0.3 is 18.2 Å². The zero-order valence-electron chi connectivity index (χ0n) is 25.8. The second-order valence-electron chi connectivity index (χ2n) is 11.0. The van der Waals surface area contributed by atoms with E-state index < -0.39 is 18.2 Å². The fraction of sp³-hybridized carbons (Fsp3) is 0.290. The number of nitrogens with two attached hydrogens (primary N) is 1. The molecule has 256 valence electrons. The van der Waals surface area contributed by atoms with Crippen LogP contribution < -0.4 is 26.2 Å². The smallest absolute Gasteiger partial charge is 0.489 e. The van der Waals surface area contributed by atoms with Gasteiger partial charge in [0, 0.05) is 22.8 Å². The van der Waals surface area contributed by atoms with Crippen LogP contribution in [-0.4, -0.2) is 62.7 Å². The molecular weight excluding hydrogens is 671 g/mol. The maximum atomic E-state index is 13.3. The average molecular weight is 700 g/mol. The number of rotatable bonds is 8. The van der Waals surface area contributed by atoms with Gasteiger partial charge in [-0.05, 0) is 79.4 Å². The molecule has 2 aromatic carbocycles. The van der Waals surface area contributed by atoms with Gasteiger partial charge in [-0.2, -0.15) is 13.2 Å². The SMILES string of the molecule is CCn1c(-c2nonc2N)nc2c(-c3cccc(N(OC(=O)C(F)(F)F)C(=O)Nc4cccc(Cl)c4)c3)ncc(OCC3CCNCC3)c21. The number of aromatic nitrogens is 5. The summed E-state index contributed by atoms with van der Waals surface area (Å²) in [4.78, 5) is 39.2. The molecule has 0 radical (unpaired) electrons. The molecule has 14 nitrogen and oxygen atoms in total. The van der Waals surface area contributed by atoms with Gasteiger partial charge in [0.15, 0.2) is 23.1 Å². The minimum Gasteiger partial charge on any atom is -0.489 e. The number of nitrogen functional groups attached to an aromatic ring is 1. The third-order valence-electron chi connectivity index (χ3n) is 7.73. The zero-order chi connectivity index (χ0) is 34.7. The van der Waals surface area contributed by atoms with E-state index in [9.17, 15) is 22.8 Å². The van der Waals surface area contributed by atoms with E-state index in [0.717, 1.165) is 25.9 Å². The van der Waals surface area contributed by atoms with Crippen LogP contribution in [0.5, 0.6) is 5.75 Å². The molecule has 3 aromatic heterocycles. The summed E-state index contributed by atoms with van der Waals surface area (Å²) in [5.74, 6) is -1.53. The van der Waals surface area contributed by atoms with Crippen molar-refractivity contribution in [3.63, 3.8) is 0 Å². The molecule has 49 heavy (non-hydrogen) atoms. The van der Waals surface area contributed by atoms with Crippen molar-refractivity contribution in [2.45, 2.75) is 32.5 Å². The van der Waals surface area contributed by atoms with Crippen LogP contribution in [0, 0.1) is 5.92 Å². The number of hydrogen-bond acceptors (Lipinski definition) is 11. The Hall–Kier alpha value is -5.42. The van der Waals surface area contributed by atoms with E-state index in [4.69, 9.17) is 31.7 Å². The topological polar surface area (TPSA) is 176 Å². The Kier molecular flexibility index (Phi) is 9.55. The number of imidazole rings is 1. The minimum absolute atomic E-state index is 0.00604. The van der Waals surface area contributed by atoms with Gasteiger partial charge in [0.1, 0.15) is 11.0 Å². The number of amides is 2. The van der Waals surface area contributed by atoms with Crippen LogP contribution >= 0.6 is 11.6 Å². The number of ether oxygens (including phenoxy) is 1. The Labute approximate surface area is 281 Å². The maximum Gasteiger partial charge on any atom is 0.493 e. The summed E-state index contributed by atoms with van der Waals surface area (Å²) >= 11 is 6.00. The van der Waals surface area contributed by atoms with E-state index in [1.54, 1.807) is 12.1 Å². The normalized spacial score (nSPS) is 13.7. The van der Waals surface area contributed by atoms with E-state index in [-0.39, 0.29) is 38.7 Å². The molecule has 0 atom stereocenters. The third-order valence-corrected chi connectivity index (χ3v) is 7.97. The van der Waals surface area contributed by atoms with Crippen LogP contribution in [0.3, 0.4) is 0 Å². The van der Waals surface area contributed by atoms with Gasteiger partial charge in [-0.25, -0.2) is 24.2 Å². The number of piperidine rings is 1. The summed E-state index contributed by atoms with van der Waals surface area (Å²) in [6.07, 6.45) is -1.98. The number of halogens is 4. The van der Waals surface area contributed by atoms with Crippen molar-refractivity contribution in [1.82, 2.24) is 30.2 Å². The molecule has 4 N–H and O–H groups in total. The van der Waals surface area contributed by atoms with Gasteiger partial charge in [0.25, 0.3) is 0 Å². The largest absolute Gasteiger partial charge is 0.493 e. The van der Waals surface area contributed by atoms with Crippen LogP contribution in [0.15, 0.2) is 59.4 Å². The number of urea groups is 1. The summed E-state index contributed by atoms with van der Waals surface area (Å²) in [6.45, 7) is 4.50. The molecule has 2 amide bonds. The predicted octanol–water partition coefficient (Wildman–Crippen LogP) is 5.84. The number of hydrogen-bond donors (Lipinski definition) is 3. The van der Waals surface area contributed by atoms with Crippen molar-refractivity contribution in [2.24, 2.45) is 5.92 Å². The zero-order valence-corrected chi connectivity index (χ0v) is 26.6. The van der Waals surface area contributed by atoms with E-state index in [1.165, 1.54) is 42.6 Å². The summed E-state index contributed by atoms with van der Waals surface area (Å²) < 4.78 is 52.9. The Balaban J connectivity index is 1.43. The summed E-state index contributed by atoms with van der Waals surface area (Å²) in [7, 11) is 0. The van der Waals surface area contributed by atoms with Gasteiger partial charge in [0.05, 0.1) is 24.2 Å². The lowest BCUT2D eigenvalue weighted by Gasteiger charge is -2.23. The highest BCUT2D eigenvalue weighted by Gasteiger charge is 2.44. The van der Waals surface area contributed by atoms with Crippen molar-refractivity contribution >= 4 is 51.8 Å². The first-order valence-corrected chi connectivity index (χ1v) is 15.5. The van der Waals surface area contributed by atoms with E-state index >= 15 is 0 Å². The molecule has 0 spiro atoms. The third kappa shape index (κ3) is 7.22. The molecule has 5 aromatic rings. The number of nitrogens with zero attached hydrogens (tertiary/aromatic N) is 6. The highest BCUT2D eigenvalue weighted by Crippen LogP contribution is 2.38. The van der Waals surface area contributed by atoms with Crippen LogP contribution in [0.1, 0.15) is 19.8 Å². The highest BCUT2D eigenvalue weighted by molar-refractivity contribution is 6.31. The van der Waals surface area contributed by atoms with Crippen molar-refractivity contribution in [2.75, 3.05) is 35.8 Å². The first-order valence-electron chi connectivity index (χ1n) is 15.1. The van der Waals surface area contributed by atoms with Crippen molar-refractivity contribution in [1.29, 1.82) is 0 Å². The van der Waals surface area contributed by atoms with Crippen LogP contribution in [-0.2, 0) is 16.2 Å². The van der Waals surface area contributed by atoms with E-state index in [0.29, 0.717) is 47.2 Å². The molecule has 0 unspecified atom stereocenters. The number of aryl methyl sites for hydroxylation is 1. The number of pyridine rings is 1. The first-order chi connectivity index (χ1) is 23.5. The van der Waals surface area contributed by atoms with Gasteiger partial charge in [-0.1, -0.05) is 29.8 Å². The standard InChI is InChI=1S/C31H29ClF3N9O5/c1-2-43-26-22(47-16-17-9-11-37-12-10-17)15-38-23(24(26)40-28(43)25-27(36)42-49-41-25)18-5-3-8-21(13-18)44(48-29(45)31(33,34)35)30(46)39-20-7-4-6-19(32)14-20/h3-8,13-15,17,37H,2,9-12,16H2,1H3,(H2,36,42)(H,39,46). The Morgan fingerprint density at radius 1 is 1.14 bits per heavy atom. The van der Waals surface area contributed by atoms with Crippen molar-refractivity contribution in [3.05, 3.63) is 59.8 Å². The molecule has 1 aliphatic heterocycles. The first kappa shape index (κ1) is 33.5. The molecule has 1 fully saturated rings. The molecule has 0 saturated carbocycles.